The predicted octanol–water partition coefficient (Wildman–Crippen LogP) is 3.55. The van der Waals surface area contributed by atoms with Gasteiger partial charge in [0.2, 0.25) is 0 Å². The molecule has 0 saturated heterocycles. The zero-order valence-corrected chi connectivity index (χ0v) is 14.5. The molecule has 0 atom stereocenters. The standard InChI is InChI=1S/C17H12N4O2S2/c22-25(23,14-6-2-8-18-11-14)21-13-5-1-4-12(10-13)16-20-15-7-3-9-19-17(15)24-16/h1-11,21H. The zero-order chi connectivity index (χ0) is 17.3. The Labute approximate surface area is 148 Å². The molecule has 6 nitrogen and oxygen atoms in total. The average molecular weight is 368 g/mol. The van der Waals surface area contributed by atoms with Crippen molar-refractivity contribution in [3.63, 3.8) is 0 Å². The molecule has 0 saturated carbocycles. The number of rotatable bonds is 4. The molecule has 1 aromatic carbocycles. The van der Waals surface area contributed by atoms with Crippen molar-refractivity contribution in [1.29, 1.82) is 0 Å². The largest absolute Gasteiger partial charge is 0.280 e. The van der Waals surface area contributed by atoms with Crippen molar-refractivity contribution in [2.45, 2.75) is 4.90 Å². The average Bonchev–Trinajstić information content (AvgIpc) is 3.07. The van der Waals surface area contributed by atoms with E-state index in [1.54, 1.807) is 30.5 Å². The first-order chi connectivity index (χ1) is 12.1. The molecule has 25 heavy (non-hydrogen) atoms. The van der Waals surface area contributed by atoms with E-state index in [1.165, 1.54) is 29.8 Å². The van der Waals surface area contributed by atoms with Crippen LogP contribution in [0.25, 0.3) is 20.9 Å². The van der Waals surface area contributed by atoms with Crippen LogP contribution in [-0.2, 0) is 10.0 Å². The monoisotopic (exact) mass is 368 g/mol. The van der Waals surface area contributed by atoms with Gasteiger partial charge in [0, 0.05) is 29.8 Å². The van der Waals surface area contributed by atoms with E-state index in [2.05, 4.69) is 19.7 Å². The summed E-state index contributed by atoms with van der Waals surface area (Å²) < 4.78 is 27.4. The molecular weight excluding hydrogens is 356 g/mol. The maximum Gasteiger partial charge on any atom is 0.263 e. The molecule has 4 aromatic rings. The highest BCUT2D eigenvalue weighted by atomic mass is 32.2. The van der Waals surface area contributed by atoms with Gasteiger partial charge in [0.15, 0.2) is 0 Å². The Morgan fingerprint density at radius 2 is 1.88 bits per heavy atom. The Morgan fingerprint density at radius 1 is 1.00 bits per heavy atom. The van der Waals surface area contributed by atoms with Crippen molar-refractivity contribution in [2.24, 2.45) is 0 Å². The summed E-state index contributed by atoms with van der Waals surface area (Å²) in [5.74, 6) is 0. The van der Waals surface area contributed by atoms with Crippen molar-refractivity contribution in [1.82, 2.24) is 15.0 Å². The molecule has 0 fully saturated rings. The number of benzene rings is 1. The van der Waals surface area contributed by atoms with E-state index in [0.717, 1.165) is 20.9 Å². The number of fused-ring (bicyclic) bond motifs is 1. The number of anilines is 1. The molecule has 3 heterocycles. The fraction of sp³-hybridized carbons (Fsp3) is 0. The number of nitrogens with zero attached hydrogens (tertiary/aromatic N) is 3. The first kappa shape index (κ1) is 15.7. The van der Waals surface area contributed by atoms with E-state index in [0.29, 0.717) is 5.69 Å². The Hall–Kier alpha value is -2.84. The second kappa shape index (κ2) is 6.23. The van der Waals surface area contributed by atoms with Crippen molar-refractivity contribution in [3.05, 3.63) is 67.1 Å². The molecule has 4 rings (SSSR count). The minimum Gasteiger partial charge on any atom is -0.280 e. The number of hydrogen-bond acceptors (Lipinski definition) is 6. The Bertz CT molecular complexity index is 1110. The highest BCUT2D eigenvalue weighted by Gasteiger charge is 2.15. The lowest BCUT2D eigenvalue weighted by Crippen LogP contribution is -2.13. The number of pyridine rings is 2. The molecular formula is C17H12N4O2S2. The zero-order valence-electron chi connectivity index (χ0n) is 12.8. The van der Waals surface area contributed by atoms with E-state index >= 15 is 0 Å². The fourth-order valence-electron chi connectivity index (χ4n) is 2.33. The van der Waals surface area contributed by atoms with Crippen molar-refractivity contribution < 1.29 is 8.42 Å². The second-order valence-corrected chi connectivity index (χ2v) is 7.88. The molecule has 0 aliphatic carbocycles. The van der Waals surface area contributed by atoms with Gasteiger partial charge in [0.25, 0.3) is 10.0 Å². The fourth-order valence-corrected chi connectivity index (χ4v) is 4.25. The number of hydrogen-bond donors (Lipinski definition) is 1. The number of aromatic nitrogens is 3. The Morgan fingerprint density at radius 3 is 2.68 bits per heavy atom. The maximum atomic E-state index is 12.4. The van der Waals surface area contributed by atoms with Crippen LogP contribution in [0.15, 0.2) is 72.0 Å². The van der Waals surface area contributed by atoms with Crippen molar-refractivity contribution in [3.8, 4) is 10.6 Å². The molecule has 8 heteroatoms. The van der Waals surface area contributed by atoms with Gasteiger partial charge >= 0.3 is 0 Å². The lowest BCUT2D eigenvalue weighted by atomic mass is 10.2. The Balaban J connectivity index is 1.68. The van der Waals surface area contributed by atoms with E-state index in [1.807, 2.05) is 18.2 Å². The summed E-state index contributed by atoms with van der Waals surface area (Å²) in [7, 11) is -3.68. The first-order valence-corrected chi connectivity index (χ1v) is 9.67. The van der Waals surface area contributed by atoms with Crippen LogP contribution >= 0.6 is 11.3 Å². The van der Waals surface area contributed by atoms with E-state index < -0.39 is 10.0 Å². The summed E-state index contributed by atoms with van der Waals surface area (Å²) >= 11 is 1.46. The van der Waals surface area contributed by atoms with Gasteiger partial charge in [0.1, 0.15) is 20.3 Å². The van der Waals surface area contributed by atoms with Crippen LogP contribution in [-0.4, -0.2) is 23.4 Å². The SMILES string of the molecule is O=S(=O)(Nc1cccc(-c2nc3cccnc3s2)c1)c1cccnc1. The number of sulfonamides is 1. The normalized spacial score (nSPS) is 11.5. The molecule has 124 valence electrons. The van der Waals surface area contributed by atoms with Crippen LogP contribution in [0.3, 0.4) is 0 Å². The van der Waals surface area contributed by atoms with Gasteiger partial charge in [-0.15, -0.1) is 0 Å². The van der Waals surface area contributed by atoms with Crippen molar-refractivity contribution in [2.75, 3.05) is 4.72 Å². The molecule has 0 radical (unpaired) electrons. The lowest BCUT2D eigenvalue weighted by molar-refractivity contribution is 0.601. The molecule has 3 aromatic heterocycles. The minimum absolute atomic E-state index is 0.115. The van der Waals surface area contributed by atoms with Crippen LogP contribution in [0, 0.1) is 0 Å². The highest BCUT2D eigenvalue weighted by molar-refractivity contribution is 7.92. The summed E-state index contributed by atoms with van der Waals surface area (Å²) in [6.45, 7) is 0. The highest BCUT2D eigenvalue weighted by Crippen LogP contribution is 2.30. The molecule has 0 bridgehead atoms. The minimum atomic E-state index is -3.68. The van der Waals surface area contributed by atoms with Gasteiger partial charge in [-0.1, -0.05) is 23.5 Å². The molecule has 0 spiro atoms. The van der Waals surface area contributed by atoms with Crippen molar-refractivity contribution >= 4 is 37.4 Å². The molecule has 1 N–H and O–H groups in total. The topological polar surface area (TPSA) is 84.8 Å². The van der Waals surface area contributed by atoms with Crippen LogP contribution in [0.1, 0.15) is 0 Å². The smallest absolute Gasteiger partial charge is 0.263 e. The molecule has 0 amide bonds. The van der Waals surface area contributed by atoms with Gasteiger partial charge in [-0.2, -0.15) is 0 Å². The number of thiazole rings is 1. The number of nitrogens with one attached hydrogen (secondary N) is 1. The first-order valence-electron chi connectivity index (χ1n) is 7.37. The van der Waals surface area contributed by atoms with Crippen LogP contribution < -0.4 is 4.72 Å². The van der Waals surface area contributed by atoms with Gasteiger partial charge in [-0.05, 0) is 36.4 Å². The van der Waals surface area contributed by atoms with Crippen LogP contribution in [0.2, 0.25) is 0 Å². The second-order valence-electron chi connectivity index (χ2n) is 5.22. The Kier molecular flexibility index (Phi) is 3.90. The van der Waals surface area contributed by atoms with Gasteiger partial charge < -0.3 is 0 Å². The maximum absolute atomic E-state index is 12.4. The lowest BCUT2D eigenvalue weighted by Gasteiger charge is -2.08. The summed E-state index contributed by atoms with van der Waals surface area (Å²) in [5.41, 5.74) is 2.12. The van der Waals surface area contributed by atoms with Crippen LogP contribution in [0.4, 0.5) is 5.69 Å². The molecule has 0 aliphatic rings. The third kappa shape index (κ3) is 3.21. The summed E-state index contributed by atoms with van der Waals surface area (Å²) in [5, 5.41) is 0.788. The van der Waals surface area contributed by atoms with Crippen LogP contribution in [0.5, 0.6) is 0 Å². The summed E-state index contributed by atoms with van der Waals surface area (Å²) in [6, 6.07) is 13.9. The van der Waals surface area contributed by atoms with E-state index in [9.17, 15) is 8.42 Å². The van der Waals surface area contributed by atoms with Gasteiger partial charge in [-0.3, -0.25) is 9.71 Å². The third-order valence-electron chi connectivity index (χ3n) is 3.47. The summed E-state index contributed by atoms with van der Waals surface area (Å²) in [4.78, 5) is 13.6. The predicted molar refractivity (Wildman–Crippen MR) is 97.9 cm³/mol. The van der Waals surface area contributed by atoms with Gasteiger partial charge in [-0.25, -0.2) is 18.4 Å². The molecule has 0 unspecified atom stereocenters. The van der Waals surface area contributed by atoms with E-state index in [-0.39, 0.29) is 4.90 Å². The quantitative estimate of drug-likeness (QED) is 0.595. The van der Waals surface area contributed by atoms with Gasteiger partial charge in [0.05, 0.1) is 0 Å². The summed E-state index contributed by atoms with van der Waals surface area (Å²) in [6.07, 6.45) is 4.56. The third-order valence-corrected chi connectivity index (χ3v) is 5.87. The van der Waals surface area contributed by atoms with E-state index in [4.69, 9.17) is 0 Å². The molecule has 0 aliphatic heterocycles.